The van der Waals surface area contributed by atoms with Crippen molar-refractivity contribution in [1.29, 1.82) is 0 Å². The Bertz CT molecular complexity index is 606. The molecule has 0 atom stereocenters. The lowest BCUT2D eigenvalue weighted by Crippen LogP contribution is -2.15. The molecule has 0 saturated carbocycles. The molecule has 0 fully saturated rings. The first-order valence-corrected chi connectivity index (χ1v) is 4.98. The van der Waals surface area contributed by atoms with Crippen LogP contribution in [0.4, 0.5) is 4.39 Å². The summed E-state index contributed by atoms with van der Waals surface area (Å²) in [6.45, 7) is 0. The van der Waals surface area contributed by atoms with E-state index in [0.29, 0.717) is 10.9 Å². The van der Waals surface area contributed by atoms with Gasteiger partial charge in [0.2, 0.25) is 0 Å². The van der Waals surface area contributed by atoms with Crippen LogP contribution in [0.25, 0.3) is 10.9 Å². The zero-order chi connectivity index (χ0) is 11.2. The number of hydrogen-bond donors (Lipinski definition) is 1. The summed E-state index contributed by atoms with van der Waals surface area (Å²) in [5.74, 6) is -0.790. The van der Waals surface area contributed by atoms with Crippen LogP contribution in [0.1, 0.15) is 0 Å². The van der Waals surface area contributed by atoms with Crippen molar-refractivity contribution in [2.75, 3.05) is 0 Å². The molecule has 78 valence electrons. The van der Waals surface area contributed by atoms with Gasteiger partial charge in [-0.2, -0.15) is 0 Å². The molecule has 2 aromatic rings. The van der Waals surface area contributed by atoms with E-state index in [1.54, 1.807) is 0 Å². The fourth-order valence-corrected chi connectivity index (χ4v) is 1.76. The summed E-state index contributed by atoms with van der Waals surface area (Å²) in [6.07, 6.45) is 0. The number of halogens is 2. The number of aryl methyl sites for hydroxylation is 1. The number of phenolic OH excluding ortho intramolecular Hbond substituents is 1. The smallest absolute Gasteiger partial charge is 0.250 e. The van der Waals surface area contributed by atoms with Crippen LogP contribution >= 0.6 is 15.9 Å². The summed E-state index contributed by atoms with van der Waals surface area (Å²) < 4.78 is 14.9. The number of hydrogen-bond acceptors (Lipinski definition) is 2. The Kier molecular flexibility index (Phi) is 2.26. The molecule has 0 amide bonds. The minimum atomic E-state index is -0.569. The first kappa shape index (κ1) is 10.2. The molecular formula is C10H7BrFNO2. The molecule has 1 aromatic heterocycles. The van der Waals surface area contributed by atoms with Crippen LogP contribution in [-0.2, 0) is 7.05 Å². The van der Waals surface area contributed by atoms with Gasteiger partial charge in [0.1, 0.15) is 11.6 Å². The molecule has 5 heteroatoms. The van der Waals surface area contributed by atoms with Gasteiger partial charge in [0.15, 0.2) is 0 Å². The van der Waals surface area contributed by atoms with Gasteiger partial charge in [-0.15, -0.1) is 0 Å². The molecule has 3 nitrogen and oxygen atoms in total. The highest BCUT2D eigenvalue weighted by molar-refractivity contribution is 9.10. The van der Waals surface area contributed by atoms with Crippen molar-refractivity contribution in [2.24, 2.45) is 7.05 Å². The second kappa shape index (κ2) is 3.34. The summed E-state index contributed by atoms with van der Waals surface area (Å²) in [7, 11) is 1.53. The molecule has 1 N–H and O–H groups in total. The van der Waals surface area contributed by atoms with Crippen LogP contribution in [0.15, 0.2) is 27.5 Å². The summed E-state index contributed by atoms with van der Waals surface area (Å²) in [5.41, 5.74) is 0.115. The van der Waals surface area contributed by atoms with E-state index < -0.39 is 5.82 Å². The molecule has 2 rings (SSSR count). The first-order chi connectivity index (χ1) is 7.02. The number of aromatic nitrogens is 1. The van der Waals surface area contributed by atoms with Crippen molar-refractivity contribution in [1.82, 2.24) is 4.57 Å². The normalized spacial score (nSPS) is 10.9. The van der Waals surface area contributed by atoms with Crippen molar-refractivity contribution < 1.29 is 9.50 Å². The standard InChI is InChI=1S/C10H7BrFNO2/c1-13-6-4-7(14)9(11)10(12)5(6)2-3-8(13)15/h2-4,14H,1H3. The van der Waals surface area contributed by atoms with E-state index in [4.69, 9.17) is 0 Å². The topological polar surface area (TPSA) is 42.2 Å². The largest absolute Gasteiger partial charge is 0.507 e. The lowest BCUT2D eigenvalue weighted by molar-refractivity contribution is 0.465. The number of fused-ring (bicyclic) bond motifs is 1. The average molecular weight is 272 g/mol. The molecule has 0 spiro atoms. The number of phenols is 1. The molecule has 0 saturated heterocycles. The summed E-state index contributed by atoms with van der Waals surface area (Å²) in [4.78, 5) is 11.3. The minimum Gasteiger partial charge on any atom is -0.507 e. The Morgan fingerprint density at radius 1 is 1.47 bits per heavy atom. The molecule has 1 aromatic carbocycles. The maximum absolute atomic E-state index is 13.6. The number of rotatable bonds is 0. The number of benzene rings is 1. The number of pyridine rings is 1. The molecule has 0 aliphatic heterocycles. The average Bonchev–Trinajstić information content (AvgIpc) is 2.21. The molecular weight excluding hydrogens is 265 g/mol. The maximum atomic E-state index is 13.6. The Hall–Kier alpha value is -1.36. The third-order valence-electron chi connectivity index (χ3n) is 2.29. The molecule has 15 heavy (non-hydrogen) atoms. The third kappa shape index (κ3) is 1.43. The fraction of sp³-hybridized carbons (Fsp3) is 0.100. The Labute approximate surface area is 92.9 Å². The monoisotopic (exact) mass is 271 g/mol. The Morgan fingerprint density at radius 3 is 2.80 bits per heavy atom. The van der Waals surface area contributed by atoms with E-state index >= 15 is 0 Å². The van der Waals surface area contributed by atoms with Crippen molar-refractivity contribution in [3.8, 4) is 5.75 Å². The molecule has 0 unspecified atom stereocenters. The predicted octanol–water partition coefficient (Wildman–Crippen LogP) is 2.15. The van der Waals surface area contributed by atoms with Gasteiger partial charge in [-0.1, -0.05) is 0 Å². The van der Waals surface area contributed by atoms with Gasteiger partial charge in [-0.3, -0.25) is 4.79 Å². The van der Waals surface area contributed by atoms with Gasteiger partial charge in [0, 0.05) is 24.6 Å². The second-order valence-corrected chi connectivity index (χ2v) is 3.98. The summed E-state index contributed by atoms with van der Waals surface area (Å²) in [6, 6.07) is 4.04. The van der Waals surface area contributed by atoms with Gasteiger partial charge < -0.3 is 9.67 Å². The zero-order valence-electron chi connectivity index (χ0n) is 7.79. The van der Waals surface area contributed by atoms with Crippen molar-refractivity contribution in [3.05, 3.63) is 38.8 Å². The van der Waals surface area contributed by atoms with E-state index in [9.17, 15) is 14.3 Å². The van der Waals surface area contributed by atoms with Crippen molar-refractivity contribution in [2.45, 2.75) is 0 Å². The molecule has 1 heterocycles. The van der Waals surface area contributed by atoms with Crippen LogP contribution in [0.3, 0.4) is 0 Å². The lowest BCUT2D eigenvalue weighted by atomic mass is 10.2. The van der Waals surface area contributed by atoms with Gasteiger partial charge >= 0.3 is 0 Å². The van der Waals surface area contributed by atoms with Gasteiger partial charge in [0.25, 0.3) is 5.56 Å². The van der Waals surface area contributed by atoms with Crippen LogP contribution in [0, 0.1) is 5.82 Å². The molecule has 0 aliphatic rings. The number of aromatic hydroxyl groups is 1. The highest BCUT2D eigenvalue weighted by Crippen LogP contribution is 2.32. The predicted molar refractivity (Wildman–Crippen MR) is 58.5 cm³/mol. The first-order valence-electron chi connectivity index (χ1n) is 4.19. The quantitative estimate of drug-likeness (QED) is 0.798. The van der Waals surface area contributed by atoms with Crippen LogP contribution in [0.2, 0.25) is 0 Å². The van der Waals surface area contributed by atoms with Crippen molar-refractivity contribution in [3.63, 3.8) is 0 Å². The van der Waals surface area contributed by atoms with Gasteiger partial charge in [-0.25, -0.2) is 4.39 Å². The maximum Gasteiger partial charge on any atom is 0.250 e. The summed E-state index contributed by atoms with van der Waals surface area (Å²) >= 11 is 2.93. The van der Waals surface area contributed by atoms with Crippen molar-refractivity contribution >= 4 is 26.8 Å². The van der Waals surface area contributed by atoms with E-state index in [1.807, 2.05) is 0 Å². The van der Waals surface area contributed by atoms with E-state index in [0.717, 1.165) is 0 Å². The van der Waals surface area contributed by atoms with Crippen LogP contribution in [-0.4, -0.2) is 9.67 Å². The summed E-state index contributed by atoms with van der Waals surface area (Å²) in [5, 5.41) is 9.70. The number of nitrogens with zero attached hydrogens (tertiary/aromatic N) is 1. The van der Waals surface area contributed by atoms with Gasteiger partial charge in [0.05, 0.1) is 9.99 Å². The van der Waals surface area contributed by atoms with Gasteiger partial charge in [-0.05, 0) is 22.0 Å². The minimum absolute atomic E-state index is 0.00801. The fourth-order valence-electron chi connectivity index (χ4n) is 1.43. The molecule has 0 radical (unpaired) electrons. The Morgan fingerprint density at radius 2 is 2.13 bits per heavy atom. The zero-order valence-corrected chi connectivity index (χ0v) is 9.38. The second-order valence-electron chi connectivity index (χ2n) is 3.19. The Balaban J connectivity index is 3.05. The third-order valence-corrected chi connectivity index (χ3v) is 3.04. The lowest BCUT2D eigenvalue weighted by Gasteiger charge is -2.07. The van der Waals surface area contributed by atoms with E-state index in [-0.39, 0.29) is 15.8 Å². The molecule has 0 aliphatic carbocycles. The van der Waals surface area contributed by atoms with E-state index in [2.05, 4.69) is 15.9 Å². The molecule has 0 bridgehead atoms. The van der Waals surface area contributed by atoms with E-state index in [1.165, 1.54) is 29.8 Å². The SMILES string of the molecule is Cn1c(=O)ccc2c(F)c(Br)c(O)cc21. The van der Waals surface area contributed by atoms with Crippen LogP contribution in [0.5, 0.6) is 5.75 Å². The highest BCUT2D eigenvalue weighted by atomic mass is 79.9. The highest BCUT2D eigenvalue weighted by Gasteiger charge is 2.12. The van der Waals surface area contributed by atoms with Crippen LogP contribution < -0.4 is 5.56 Å².